The number of anilines is 1. The molecule has 2 unspecified atom stereocenters. The molecule has 0 radical (unpaired) electrons. The average Bonchev–Trinajstić information content (AvgIpc) is 3.10. The van der Waals surface area contributed by atoms with Gasteiger partial charge in [-0.3, -0.25) is 4.90 Å². The SMILES string of the molecule is OC12CCCCC1CN(Cc1ccc(N3CCCC3)nc1)CC2. The molecule has 1 saturated carbocycles. The minimum absolute atomic E-state index is 0.368. The molecular weight excluding hydrogens is 286 g/mol. The van der Waals surface area contributed by atoms with Crippen molar-refractivity contribution in [3.63, 3.8) is 0 Å². The first kappa shape index (κ1) is 15.4. The predicted molar refractivity (Wildman–Crippen MR) is 92.5 cm³/mol. The maximum Gasteiger partial charge on any atom is 0.128 e. The van der Waals surface area contributed by atoms with Crippen molar-refractivity contribution in [1.29, 1.82) is 0 Å². The molecule has 0 aromatic carbocycles. The van der Waals surface area contributed by atoms with E-state index >= 15 is 0 Å². The lowest BCUT2D eigenvalue weighted by atomic mass is 9.71. The molecule has 1 aromatic rings. The summed E-state index contributed by atoms with van der Waals surface area (Å²) < 4.78 is 0. The number of pyridine rings is 1. The van der Waals surface area contributed by atoms with Crippen molar-refractivity contribution < 1.29 is 5.11 Å². The van der Waals surface area contributed by atoms with Crippen molar-refractivity contribution in [3.8, 4) is 0 Å². The Hall–Kier alpha value is -1.13. The van der Waals surface area contributed by atoms with Gasteiger partial charge in [-0.25, -0.2) is 4.98 Å². The molecule has 4 rings (SSSR count). The van der Waals surface area contributed by atoms with Crippen molar-refractivity contribution in [2.24, 2.45) is 5.92 Å². The lowest BCUT2D eigenvalue weighted by Crippen LogP contribution is -2.52. The molecule has 1 N–H and O–H groups in total. The maximum atomic E-state index is 10.8. The standard InChI is InChI=1S/C19H29N3O/c23-19-8-2-1-5-17(19)15-21(12-9-19)14-16-6-7-18(20-13-16)22-10-3-4-11-22/h6-7,13,17,23H,1-5,8-12,14-15H2. The topological polar surface area (TPSA) is 39.6 Å². The quantitative estimate of drug-likeness (QED) is 0.931. The Morgan fingerprint density at radius 3 is 2.74 bits per heavy atom. The molecule has 1 aromatic heterocycles. The highest BCUT2D eigenvalue weighted by atomic mass is 16.3. The van der Waals surface area contributed by atoms with Crippen LogP contribution in [0.15, 0.2) is 18.3 Å². The first-order chi connectivity index (χ1) is 11.2. The zero-order valence-corrected chi connectivity index (χ0v) is 14.1. The van der Waals surface area contributed by atoms with Crippen LogP contribution in [0.4, 0.5) is 5.82 Å². The van der Waals surface area contributed by atoms with Crippen LogP contribution in [-0.4, -0.2) is 46.8 Å². The molecule has 3 heterocycles. The van der Waals surface area contributed by atoms with Gasteiger partial charge >= 0.3 is 0 Å². The molecule has 126 valence electrons. The molecule has 3 fully saturated rings. The Morgan fingerprint density at radius 1 is 1.09 bits per heavy atom. The molecule has 0 amide bonds. The smallest absolute Gasteiger partial charge is 0.128 e. The number of hydrogen-bond acceptors (Lipinski definition) is 4. The Morgan fingerprint density at radius 2 is 1.96 bits per heavy atom. The summed E-state index contributed by atoms with van der Waals surface area (Å²) >= 11 is 0. The van der Waals surface area contributed by atoms with Gasteiger partial charge in [-0.05, 0) is 43.7 Å². The highest BCUT2D eigenvalue weighted by molar-refractivity contribution is 5.40. The van der Waals surface area contributed by atoms with Crippen LogP contribution in [0.1, 0.15) is 50.5 Å². The van der Waals surface area contributed by atoms with E-state index in [4.69, 9.17) is 0 Å². The summed E-state index contributed by atoms with van der Waals surface area (Å²) in [7, 11) is 0. The molecular formula is C19H29N3O. The summed E-state index contributed by atoms with van der Waals surface area (Å²) in [6, 6.07) is 4.42. The molecule has 0 bridgehead atoms. The van der Waals surface area contributed by atoms with Gasteiger partial charge in [-0.1, -0.05) is 18.9 Å². The minimum atomic E-state index is -0.368. The second-order valence-electron chi connectivity index (χ2n) is 7.75. The van der Waals surface area contributed by atoms with Gasteiger partial charge < -0.3 is 10.0 Å². The Kier molecular flexibility index (Phi) is 4.29. The van der Waals surface area contributed by atoms with Gasteiger partial charge in [0, 0.05) is 44.8 Å². The van der Waals surface area contributed by atoms with Crippen LogP contribution < -0.4 is 4.90 Å². The Labute approximate surface area is 139 Å². The first-order valence-electron chi connectivity index (χ1n) is 9.38. The van der Waals surface area contributed by atoms with Gasteiger partial charge in [0.1, 0.15) is 5.82 Å². The van der Waals surface area contributed by atoms with Gasteiger partial charge in [0.2, 0.25) is 0 Å². The molecule has 4 heteroatoms. The summed E-state index contributed by atoms with van der Waals surface area (Å²) in [5.41, 5.74) is 0.932. The monoisotopic (exact) mass is 315 g/mol. The van der Waals surface area contributed by atoms with Crippen LogP contribution in [0, 0.1) is 5.92 Å². The summed E-state index contributed by atoms with van der Waals surface area (Å²) in [5, 5.41) is 10.8. The summed E-state index contributed by atoms with van der Waals surface area (Å²) in [4.78, 5) is 9.56. The summed E-state index contributed by atoms with van der Waals surface area (Å²) in [6.07, 6.45) is 10.3. The highest BCUT2D eigenvalue weighted by Crippen LogP contribution is 2.40. The second-order valence-corrected chi connectivity index (χ2v) is 7.75. The highest BCUT2D eigenvalue weighted by Gasteiger charge is 2.42. The zero-order chi connectivity index (χ0) is 15.7. The van der Waals surface area contributed by atoms with E-state index in [2.05, 4.69) is 33.1 Å². The van der Waals surface area contributed by atoms with E-state index < -0.39 is 0 Å². The number of piperidine rings is 1. The number of likely N-dealkylation sites (tertiary alicyclic amines) is 1. The van der Waals surface area contributed by atoms with E-state index in [1.165, 1.54) is 37.7 Å². The van der Waals surface area contributed by atoms with Gasteiger partial charge in [-0.15, -0.1) is 0 Å². The first-order valence-corrected chi connectivity index (χ1v) is 9.38. The molecule has 2 aliphatic heterocycles. The third-order valence-corrected chi connectivity index (χ3v) is 6.16. The average molecular weight is 315 g/mol. The molecule has 0 spiro atoms. The third-order valence-electron chi connectivity index (χ3n) is 6.16. The van der Waals surface area contributed by atoms with Gasteiger partial charge in [-0.2, -0.15) is 0 Å². The van der Waals surface area contributed by atoms with Crippen molar-refractivity contribution >= 4 is 5.82 Å². The largest absolute Gasteiger partial charge is 0.390 e. The molecule has 3 aliphatic rings. The number of fused-ring (bicyclic) bond motifs is 1. The van der Waals surface area contributed by atoms with Crippen molar-refractivity contribution in [2.75, 3.05) is 31.1 Å². The van der Waals surface area contributed by atoms with Crippen LogP contribution >= 0.6 is 0 Å². The van der Waals surface area contributed by atoms with E-state index in [0.717, 1.165) is 51.4 Å². The lowest BCUT2D eigenvalue weighted by Gasteiger charge is -2.47. The molecule has 2 atom stereocenters. The molecule has 23 heavy (non-hydrogen) atoms. The van der Waals surface area contributed by atoms with Gasteiger partial charge in [0.25, 0.3) is 0 Å². The predicted octanol–water partition coefficient (Wildman–Crippen LogP) is 2.81. The number of rotatable bonds is 3. The van der Waals surface area contributed by atoms with E-state index in [1.54, 1.807) is 0 Å². The third kappa shape index (κ3) is 3.24. The lowest BCUT2D eigenvalue weighted by molar-refractivity contribution is -0.0968. The van der Waals surface area contributed by atoms with Gasteiger partial charge in [0.05, 0.1) is 5.60 Å². The Balaban J connectivity index is 1.36. The van der Waals surface area contributed by atoms with Crippen LogP contribution in [0.2, 0.25) is 0 Å². The van der Waals surface area contributed by atoms with Crippen LogP contribution in [0.5, 0.6) is 0 Å². The second kappa shape index (κ2) is 6.40. The summed E-state index contributed by atoms with van der Waals surface area (Å²) in [6.45, 7) is 5.34. The zero-order valence-electron chi connectivity index (χ0n) is 14.1. The molecule has 4 nitrogen and oxygen atoms in total. The maximum absolute atomic E-state index is 10.8. The number of aromatic nitrogens is 1. The summed E-state index contributed by atoms with van der Waals surface area (Å²) in [5.74, 6) is 1.60. The normalized spacial score (nSPS) is 32.0. The van der Waals surface area contributed by atoms with Crippen molar-refractivity contribution in [3.05, 3.63) is 23.9 Å². The van der Waals surface area contributed by atoms with Crippen molar-refractivity contribution in [2.45, 2.75) is 57.1 Å². The van der Waals surface area contributed by atoms with Gasteiger partial charge in [0.15, 0.2) is 0 Å². The number of hydrogen-bond donors (Lipinski definition) is 1. The molecule has 2 saturated heterocycles. The fourth-order valence-electron chi connectivity index (χ4n) is 4.68. The van der Waals surface area contributed by atoms with E-state index in [0.29, 0.717) is 5.92 Å². The minimum Gasteiger partial charge on any atom is -0.390 e. The van der Waals surface area contributed by atoms with Crippen LogP contribution in [0.3, 0.4) is 0 Å². The fraction of sp³-hybridized carbons (Fsp3) is 0.737. The fourth-order valence-corrected chi connectivity index (χ4v) is 4.68. The van der Waals surface area contributed by atoms with Crippen LogP contribution in [0.25, 0.3) is 0 Å². The van der Waals surface area contributed by atoms with Crippen LogP contribution in [-0.2, 0) is 6.54 Å². The van der Waals surface area contributed by atoms with E-state index in [1.807, 2.05) is 0 Å². The Bertz CT molecular complexity index is 526. The number of nitrogens with zero attached hydrogens (tertiary/aromatic N) is 3. The molecule has 1 aliphatic carbocycles. The van der Waals surface area contributed by atoms with E-state index in [-0.39, 0.29) is 5.60 Å². The van der Waals surface area contributed by atoms with E-state index in [9.17, 15) is 5.11 Å². The number of aliphatic hydroxyl groups is 1. The van der Waals surface area contributed by atoms with Crippen molar-refractivity contribution in [1.82, 2.24) is 9.88 Å².